The van der Waals surface area contributed by atoms with E-state index in [1.807, 2.05) is 0 Å². The van der Waals surface area contributed by atoms with Crippen LogP contribution in [0, 0.1) is 5.92 Å². The smallest absolute Gasteiger partial charge is 0.316 e. The molecule has 0 saturated heterocycles. The minimum absolute atomic E-state index is 0.0464. The van der Waals surface area contributed by atoms with Crippen molar-refractivity contribution < 1.29 is 14.3 Å². The van der Waals surface area contributed by atoms with Gasteiger partial charge in [0.2, 0.25) is 0 Å². The maximum absolute atomic E-state index is 12.3. The summed E-state index contributed by atoms with van der Waals surface area (Å²) >= 11 is 6.32. The highest BCUT2D eigenvalue weighted by Gasteiger charge is 2.26. The number of carbonyl (C=O) groups is 2. The van der Waals surface area contributed by atoms with Gasteiger partial charge in [0.05, 0.1) is 7.11 Å². The summed E-state index contributed by atoms with van der Waals surface area (Å²) in [5.41, 5.74) is 0. The fraction of sp³-hybridized carbons (Fsp3) is 0.889. The lowest BCUT2D eigenvalue weighted by molar-refractivity contribution is -0.149. The van der Waals surface area contributed by atoms with Crippen molar-refractivity contribution in [3.63, 3.8) is 0 Å². The maximum Gasteiger partial charge on any atom is 0.316 e. The number of hydrogen-bond acceptors (Lipinski definition) is 3. The van der Waals surface area contributed by atoms with E-state index >= 15 is 0 Å². The van der Waals surface area contributed by atoms with Gasteiger partial charge in [-0.25, -0.2) is 0 Å². The molecule has 0 bridgehead atoms. The molecule has 4 heteroatoms. The van der Waals surface area contributed by atoms with Gasteiger partial charge >= 0.3 is 5.97 Å². The first-order valence-corrected chi connectivity index (χ1v) is 9.33. The largest absolute Gasteiger partial charge is 0.468 e. The zero-order valence-corrected chi connectivity index (χ0v) is 14.7. The van der Waals surface area contributed by atoms with Gasteiger partial charge in [-0.15, -0.1) is 11.6 Å². The van der Waals surface area contributed by atoms with Crippen molar-refractivity contribution >= 4 is 23.4 Å². The van der Waals surface area contributed by atoms with E-state index in [1.54, 1.807) is 0 Å². The van der Waals surface area contributed by atoms with Crippen molar-refractivity contribution in [2.45, 2.75) is 88.8 Å². The molecule has 0 heterocycles. The quantitative estimate of drug-likeness (QED) is 0.384. The number of rotatable bonds is 1. The Morgan fingerprint density at radius 2 is 1.41 bits per heavy atom. The van der Waals surface area contributed by atoms with Crippen LogP contribution < -0.4 is 0 Å². The lowest BCUT2D eigenvalue weighted by atomic mass is 9.92. The average Bonchev–Trinajstić information content (AvgIpc) is 2.51. The van der Waals surface area contributed by atoms with Crippen LogP contribution in [-0.4, -0.2) is 24.2 Å². The van der Waals surface area contributed by atoms with E-state index in [2.05, 4.69) is 0 Å². The van der Waals surface area contributed by atoms with Crippen LogP contribution in [0.3, 0.4) is 0 Å². The first-order chi connectivity index (χ1) is 10.6. The third-order valence-electron chi connectivity index (χ3n) is 4.58. The summed E-state index contributed by atoms with van der Waals surface area (Å²) in [4.78, 5) is 24.1. The molecule has 1 rings (SSSR count). The average molecular weight is 331 g/mol. The lowest BCUT2D eigenvalue weighted by Crippen LogP contribution is -2.25. The van der Waals surface area contributed by atoms with Gasteiger partial charge in [-0.3, -0.25) is 9.59 Å². The Balaban J connectivity index is 2.50. The van der Waals surface area contributed by atoms with Gasteiger partial charge in [0.25, 0.3) is 0 Å². The van der Waals surface area contributed by atoms with E-state index in [1.165, 1.54) is 39.2 Å². The number of esters is 1. The van der Waals surface area contributed by atoms with Crippen molar-refractivity contribution in [2.24, 2.45) is 5.92 Å². The summed E-state index contributed by atoms with van der Waals surface area (Å²) in [7, 11) is 1.37. The third kappa shape index (κ3) is 8.17. The van der Waals surface area contributed by atoms with Crippen LogP contribution in [-0.2, 0) is 14.3 Å². The Hall–Kier alpha value is -0.570. The van der Waals surface area contributed by atoms with Gasteiger partial charge in [0.1, 0.15) is 11.7 Å². The zero-order chi connectivity index (χ0) is 16.2. The molecule has 1 aliphatic carbocycles. The Kier molecular flexibility index (Phi) is 10.6. The number of halogens is 1. The Labute approximate surface area is 140 Å². The molecule has 0 amide bonds. The van der Waals surface area contributed by atoms with E-state index in [0.29, 0.717) is 12.8 Å². The number of carbonyl (C=O) groups excluding carboxylic acids is 2. The standard InChI is InChI=1S/C18H31ClO3/c1-22-18(21)16-13-8-6-4-2-3-5-7-11-15(19)12-9-10-14-17(16)20/h15-16H,2-14H2,1H3. The number of ether oxygens (including phenoxy) is 1. The second kappa shape index (κ2) is 11.9. The van der Waals surface area contributed by atoms with E-state index in [9.17, 15) is 9.59 Å². The summed E-state index contributed by atoms with van der Waals surface area (Å²) in [6.07, 6.45) is 13.2. The van der Waals surface area contributed by atoms with Crippen LogP contribution in [0.4, 0.5) is 0 Å². The summed E-state index contributed by atoms with van der Waals surface area (Å²) in [5, 5.41) is 0.236. The molecule has 1 aliphatic rings. The first-order valence-electron chi connectivity index (χ1n) is 8.89. The van der Waals surface area contributed by atoms with Gasteiger partial charge in [-0.2, -0.15) is 0 Å². The van der Waals surface area contributed by atoms with Crippen LogP contribution >= 0.6 is 11.6 Å². The molecule has 2 unspecified atom stereocenters. The molecule has 3 nitrogen and oxygen atoms in total. The van der Waals surface area contributed by atoms with Crippen LogP contribution in [0.5, 0.6) is 0 Å². The number of alkyl halides is 1. The molecule has 0 aliphatic heterocycles. The van der Waals surface area contributed by atoms with E-state index < -0.39 is 5.92 Å². The monoisotopic (exact) mass is 330 g/mol. The highest BCUT2D eigenvalue weighted by Crippen LogP contribution is 2.21. The second-order valence-electron chi connectivity index (χ2n) is 6.44. The van der Waals surface area contributed by atoms with Gasteiger partial charge in [-0.1, -0.05) is 51.4 Å². The normalized spacial score (nSPS) is 27.3. The van der Waals surface area contributed by atoms with Crippen LogP contribution in [0.15, 0.2) is 0 Å². The Morgan fingerprint density at radius 3 is 2.00 bits per heavy atom. The van der Waals surface area contributed by atoms with Crippen LogP contribution in [0.25, 0.3) is 0 Å². The van der Waals surface area contributed by atoms with Crippen molar-refractivity contribution in [1.29, 1.82) is 0 Å². The van der Waals surface area contributed by atoms with E-state index in [0.717, 1.165) is 38.5 Å². The molecule has 0 aromatic carbocycles. The molecule has 128 valence electrons. The van der Waals surface area contributed by atoms with Crippen LogP contribution in [0.1, 0.15) is 83.5 Å². The molecule has 0 aromatic heterocycles. The highest BCUT2D eigenvalue weighted by molar-refractivity contribution is 6.20. The number of Topliss-reactive ketones (excluding diaryl/α,β-unsaturated/α-hetero) is 1. The number of methoxy groups -OCH3 is 1. The molecular weight excluding hydrogens is 300 g/mol. The third-order valence-corrected chi connectivity index (χ3v) is 5.01. The predicted octanol–water partition coefficient (Wildman–Crippen LogP) is 5.04. The van der Waals surface area contributed by atoms with Crippen molar-refractivity contribution in [2.75, 3.05) is 7.11 Å². The first kappa shape index (κ1) is 19.5. The Bertz CT molecular complexity index is 330. The number of hydrogen-bond donors (Lipinski definition) is 0. The van der Waals surface area contributed by atoms with Gasteiger partial charge in [0.15, 0.2) is 0 Å². The summed E-state index contributed by atoms with van der Waals surface area (Å²) in [6.45, 7) is 0. The molecule has 1 saturated carbocycles. The van der Waals surface area contributed by atoms with Crippen molar-refractivity contribution in [1.82, 2.24) is 0 Å². The topological polar surface area (TPSA) is 43.4 Å². The SMILES string of the molecule is COC(=O)C1CCCCCCCCCC(Cl)CCCCC1=O. The minimum atomic E-state index is -0.551. The van der Waals surface area contributed by atoms with E-state index in [4.69, 9.17) is 16.3 Å². The predicted molar refractivity (Wildman–Crippen MR) is 90.2 cm³/mol. The van der Waals surface area contributed by atoms with Crippen molar-refractivity contribution in [3.05, 3.63) is 0 Å². The molecule has 0 N–H and O–H groups in total. The van der Waals surface area contributed by atoms with Crippen molar-refractivity contribution in [3.8, 4) is 0 Å². The second-order valence-corrected chi connectivity index (χ2v) is 7.05. The highest BCUT2D eigenvalue weighted by atomic mass is 35.5. The lowest BCUT2D eigenvalue weighted by Gasteiger charge is -2.14. The van der Waals surface area contributed by atoms with Gasteiger partial charge in [0, 0.05) is 11.8 Å². The Morgan fingerprint density at radius 1 is 0.909 bits per heavy atom. The van der Waals surface area contributed by atoms with Crippen LogP contribution in [0.2, 0.25) is 0 Å². The summed E-state index contributed by atoms with van der Waals surface area (Å²) in [5.74, 6) is -0.865. The molecule has 1 fully saturated rings. The minimum Gasteiger partial charge on any atom is -0.468 e. The summed E-state index contributed by atoms with van der Waals surface area (Å²) in [6, 6.07) is 0. The molecule has 2 atom stereocenters. The molecule has 0 aromatic rings. The maximum atomic E-state index is 12.3. The van der Waals surface area contributed by atoms with Gasteiger partial charge in [-0.05, 0) is 25.7 Å². The summed E-state index contributed by atoms with van der Waals surface area (Å²) < 4.78 is 4.80. The number of ketones is 1. The van der Waals surface area contributed by atoms with E-state index in [-0.39, 0.29) is 17.1 Å². The molecule has 22 heavy (non-hydrogen) atoms. The molecular formula is C18H31ClO3. The fourth-order valence-electron chi connectivity index (χ4n) is 3.13. The zero-order valence-electron chi connectivity index (χ0n) is 13.9. The fourth-order valence-corrected chi connectivity index (χ4v) is 3.44. The van der Waals surface area contributed by atoms with Gasteiger partial charge < -0.3 is 4.74 Å². The molecule has 0 radical (unpaired) electrons. The molecule has 0 spiro atoms.